The lowest BCUT2D eigenvalue weighted by atomic mass is 10.3. The van der Waals surface area contributed by atoms with Crippen LogP contribution in [0.5, 0.6) is 0 Å². The monoisotopic (exact) mass is 405 g/mol. The van der Waals surface area contributed by atoms with Gasteiger partial charge in [-0.2, -0.15) is 4.31 Å². The lowest BCUT2D eigenvalue weighted by Gasteiger charge is -2.34. The number of aromatic nitrogens is 1. The van der Waals surface area contributed by atoms with E-state index in [4.69, 9.17) is 0 Å². The first kappa shape index (κ1) is 19.7. The van der Waals surface area contributed by atoms with Gasteiger partial charge in [-0.3, -0.25) is 15.1 Å². The Bertz CT molecular complexity index is 959. The van der Waals surface area contributed by atoms with Crippen molar-refractivity contribution in [3.05, 3.63) is 64.5 Å². The van der Waals surface area contributed by atoms with Crippen LogP contribution in [0.1, 0.15) is 5.56 Å². The zero-order valence-corrected chi connectivity index (χ0v) is 15.7. The third-order valence-electron chi connectivity index (χ3n) is 4.36. The van der Waals surface area contributed by atoms with Crippen molar-refractivity contribution in [3.63, 3.8) is 0 Å². The highest BCUT2D eigenvalue weighted by molar-refractivity contribution is 7.89. The fourth-order valence-electron chi connectivity index (χ4n) is 2.83. The van der Waals surface area contributed by atoms with Crippen molar-refractivity contribution in [2.24, 2.45) is 0 Å². The van der Waals surface area contributed by atoms with E-state index >= 15 is 0 Å². The topological polar surface area (TPSA) is 126 Å². The number of sulfonamides is 1. The molecular formula is C17H19N5O5S. The highest BCUT2D eigenvalue weighted by Gasteiger charge is 2.30. The summed E-state index contributed by atoms with van der Waals surface area (Å²) in [6, 6.07) is 8.29. The van der Waals surface area contributed by atoms with Crippen LogP contribution in [0, 0.1) is 10.1 Å². The summed E-state index contributed by atoms with van der Waals surface area (Å²) in [7, 11) is -3.86. The number of nitro groups is 1. The highest BCUT2D eigenvalue weighted by Crippen LogP contribution is 2.22. The number of hydrogen-bond acceptors (Lipinski definition) is 6. The van der Waals surface area contributed by atoms with E-state index in [9.17, 15) is 23.3 Å². The van der Waals surface area contributed by atoms with Crippen LogP contribution >= 0.6 is 0 Å². The molecule has 0 atom stereocenters. The zero-order chi connectivity index (χ0) is 20.1. The van der Waals surface area contributed by atoms with Crippen LogP contribution in [0.4, 0.5) is 10.5 Å². The second kappa shape index (κ2) is 8.31. The molecule has 28 heavy (non-hydrogen) atoms. The molecule has 1 N–H and O–H groups in total. The Labute approximate surface area is 162 Å². The number of hydrogen-bond donors (Lipinski definition) is 1. The number of carbonyl (C=O) groups is 1. The van der Waals surface area contributed by atoms with Crippen molar-refractivity contribution in [2.45, 2.75) is 11.4 Å². The van der Waals surface area contributed by atoms with E-state index < -0.39 is 14.9 Å². The molecule has 0 spiro atoms. The van der Waals surface area contributed by atoms with Crippen molar-refractivity contribution >= 4 is 21.7 Å². The number of rotatable bonds is 5. The van der Waals surface area contributed by atoms with E-state index in [-0.39, 0.29) is 42.8 Å². The van der Waals surface area contributed by atoms with Gasteiger partial charge < -0.3 is 10.2 Å². The molecule has 1 aromatic carbocycles. The Morgan fingerprint density at radius 3 is 2.57 bits per heavy atom. The number of benzene rings is 1. The van der Waals surface area contributed by atoms with Gasteiger partial charge in [-0.1, -0.05) is 12.1 Å². The molecule has 1 aromatic heterocycles. The van der Waals surface area contributed by atoms with Gasteiger partial charge in [0.25, 0.3) is 5.69 Å². The number of carbonyl (C=O) groups excluding carboxylic acids is 1. The summed E-state index contributed by atoms with van der Waals surface area (Å²) in [4.78, 5) is 27.9. The third-order valence-corrected chi connectivity index (χ3v) is 6.25. The van der Waals surface area contributed by atoms with Crippen molar-refractivity contribution in [1.29, 1.82) is 0 Å². The summed E-state index contributed by atoms with van der Waals surface area (Å²) in [6.07, 6.45) is 3.30. The number of amides is 2. The lowest BCUT2D eigenvalue weighted by Crippen LogP contribution is -2.52. The Morgan fingerprint density at radius 2 is 1.93 bits per heavy atom. The first-order chi connectivity index (χ1) is 13.4. The average molecular weight is 405 g/mol. The molecule has 11 heteroatoms. The van der Waals surface area contributed by atoms with Crippen LogP contribution in [0.3, 0.4) is 0 Å². The Balaban J connectivity index is 1.59. The van der Waals surface area contributed by atoms with E-state index in [2.05, 4.69) is 10.3 Å². The van der Waals surface area contributed by atoms with E-state index in [0.717, 1.165) is 11.6 Å². The quantitative estimate of drug-likeness (QED) is 0.589. The van der Waals surface area contributed by atoms with E-state index in [1.54, 1.807) is 18.5 Å². The van der Waals surface area contributed by atoms with Gasteiger partial charge in [0.2, 0.25) is 10.0 Å². The molecule has 0 aliphatic carbocycles. The summed E-state index contributed by atoms with van der Waals surface area (Å²) in [5, 5.41) is 13.7. The van der Waals surface area contributed by atoms with Crippen LogP contribution in [-0.2, 0) is 16.6 Å². The average Bonchev–Trinajstić information content (AvgIpc) is 2.73. The van der Waals surface area contributed by atoms with Gasteiger partial charge in [0, 0.05) is 57.3 Å². The summed E-state index contributed by atoms with van der Waals surface area (Å²) in [5.41, 5.74) is 0.581. The molecule has 0 bridgehead atoms. The molecule has 1 aliphatic rings. The molecule has 1 fully saturated rings. The number of urea groups is 1. The first-order valence-electron chi connectivity index (χ1n) is 8.54. The summed E-state index contributed by atoms with van der Waals surface area (Å²) in [6.45, 7) is 1.02. The molecule has 10 nitrogen and oxygen atoms in total. The van der Waals surface area contributed by atoms with Gasteiger partial charge in [-0.15, -0.1) is 0 Å². The van der Waals surface area contributed by atoms with Gasteiger partial charge in [0.05, 0.1) is 9.82 Å². The van der Waals surface area contributed by atoms with Gasteiger partial charge in [-0.25, -0.2) is 13.2 Å². The van der Waals surface area contributed by atoms with Gasteiger partial charge in [0.15, 0.2) is 0 Å². The van der Waals surface area contributed by atoms with Crippen LogP contribution in [0.25, 0.3) is 0 Å². The predicted octanol–water partition coefficient (Wildman–Crippen LogP) is 1.21. The zero-order valence-electron chi connectivity index (χ0n) is 14.9. The van der Waals surface area contributed by atoms with Crippen LogP contribution in [0.2, 0.25) is 0 Å². The van der Waals surface area contributed by atoms with Crippen molar-refractivity contribution in [2.75, 3.05) is 26.2 Å². The van der Waals surface area contributed by atoms with E-state index in [0.29, 0.717) is 6.54 Å². The van der Waals surface area contributed by atoms with Crippen LogP contribution in [0.15, 0.2) is 53.7 Å². The number of non-ortho nitro benzene ring substituents is 1. The minimum Gasteiger partial charge on any atom is -0.334 e. The Morgan fingerprint density at radius 1 is 1.18 bits per heavy atom. The number of pyridine rings is 1. The van der Waals surface area contributed by atoms with Crippen molar-refractivity contribution in [3.8, 4) is 0 Å². The minimum absolute atomic E-state index is 0.116. The number of piperazine rings is 1. The molecule has 2 amide bonds. The molecule has 0 saturated carbocycles. The molecule has 0 unspecified atom stereocenters. The lowest BCUT2D eigenvalue weighted by molar-refractivity contribution is -0.385. The molecule has 2 heterocycles. The van der Waals surface area contributed by atoms with E-state index in [1.807, 2.05) is 6.07 Å². The third kappa shape index (κ3) is 4.43. The highest BCUT2D eigenvalue weighted by atomic mass is 32.2. The van der Waals surface area contributed by atoms with Crippen LogP contribution in [-0.4, -0.2) is 59.7 Å². The normalized spacial score (nSPS) is 15.2. The number of nitrogens with one attached hydrogen (secondary N) is 1. The van der Waals surface area contributed by atoms with E-state index in [1.165, 1.54) is 27.4 Å². The maximum Gasteiger partial charge on any atom is 0.317 e. The summed E-state index contributed by atoms with van der Waals surface area (Å²) in [5.74, 6) is 0. The maximum atomic E-state index is 12.7. The second-order valence-corrected chi connectivity index (χ2v) is 8.10. The largest absolute Gasteiger partial charge is 0.334 e. The minimum atomic E-state index is -3.86. The van der Waals surface area contributed by atoms with Crippen molar-refractivity contribution in [1.82, 2.24) is 19.5 Å². The first-order valence-corrected chi connectivity index (χ1v) is 9.98. The van der Waals surface area contributed by atoms with Crippen LogP contribution < -0.4 is 5.32 Å². The molecule has 3 rings (SSSR count). The molecule has 0 radical (unpaired) electrons. The Kier molecular flexibility index (Phi) is 5.85. The SMILES string of the molecule is O=C(NCc1cccnc1)N1CCN(S(=O)(=O)c2cccc([N+](=O)[O-])c2)CC1. The van der Waals surface area contributed by atoms with Gasteiger partial charge in [-0.05, 0) is 17.7 Å². The van der Waals surface area contributed by atoms with Crippen molar-refractivity contribution < 1.29 is 18.1 Å². The molecular weight excluding hydrogens is 386 g/mol. The predicted molar refractivity (Wildman–Crippen MR) is 99.9 cm³/mol. The summed E-state index contributed by atoms with van der Waals surface area (Å²) < 4.78 is 26.7. The fourth-order valence-corrected chi connectivity index (χ4v) is 4.29. The number of nitro benzene ring substituents is 1. The smallest absolute Gasteiger partial charge is 0.317 e. The summed E-state index contributed by atoms with van der Waals surface area (Å²) >= 11 is 0. The fraction of sp³-hybridized carbons (Fsp3) is 0.294. The Hall–Kier alpha value is -3.05. The maximum absolute atomic E-state index is 12.7. The standard InChI is InChI=1S/C17H19N5O5S/c23-17(19-13-14-3-2-6-18-12-14)20-7-9-21(10-8-20)28(26,27)16-5-1-4-15(11-16)22(24)25/h1-6,11-12H,7-10,13H2,(H,19,23). The van der Waals surface area contributed by atoms with Gasteiger partial charge >= 0.3 is 6.03 Å². The van der Waals surface area contributed by atoms with Gasteiger partial charge in [0.1, 0.15) is 0 Å². The second-order valence-electron chi connectivity index (χ2n) is 6.17. The molecule has 148 valence electrons. The molecule has 1 saturated heterocycles. The molecule has 1 aliphatic heterocycles. The molecule has 2 aromatic rings. The number of nitrogens with zero attached hydrogens (tertiary/aromatic N) is 4.